The van der Waals surface area contributed by atoms with Crippen LogP contribution in [0.15, 0.2) is 0 Å². The number of carbonyl (C=O) groups is 4. The zero-order valence-electron chi connectivity index (χ0n) is 18.3. The second kappa shape index (κ2) is 34.6. The number of aliphatic carboxylic acids is 2. The number of Topliss-reactive ketones (excluding diaryl/α,β-unsaturated/α-hetero) is 2. The van der Waals surface area contributed by atoms with Gasteiger partial charge in [-0.05, 0) is 25.7 Å². The van der Waals surface area contributed by atoms with E-state index >= 15 is 0 Å². The maximum absolute atomic E-state index is 10.4. The van der Waals surface area contributed by atoms with Crippen molar-refractivity contribution in [1.29, 1.82) is 0 Å². The first-order chi connectivity index (χ1) is 13.2. The molecule has 0 bridgehead atoms. The summed E-state index contributed by atoms with van der Waals surface area (Å²) in [6, 6.07) is 0. The van der Waals surface area contributed by atoms with Gasteiger partial charge in [-0.15, -0.1) is 0 Å². The first kappa shape index (κ1) is 38.7. The quantitative estimate of drug-likeness (QED) is 0.370. The molecule has 2 N–H and O–H groups in total. The molecule has 0 aliphatic heterocycles. The molecule has 9 heteroatoms. The number of carbonyl (C=O) groups excluding carboxylic acids is 4. The Kier molecular flexibility index (Phi) is 46.1. The van der Waals surface area contributed by atoms with Crippen LogP contribution in [-0.4, -0.2) is 46.9 Å². The molecule has 0 atom stereocenters. The summed E-state index contributed by atoms with van der Waals surface area (Å²) >= 11 is 0. The fourth-order valence-corrected chi connectivity index (χ4v) is 1.37. The molecule has 0 unspecified atom stereocenters. The van der Waals surface area contributed by atoms with Crippen LogP contribution >= 0.6 is 0 Å². The molecule has 29 heavy (non-hydrogen) atoms. The van der Waals surface area contributed by atoms with E-state index in [2.05, 4.69) is 13.8 Å². The first-order valence-corrected chi connectivity index (χ1v) is 9.81. The Morgan fingerprint density at radius 2 is 0.897 bits per heavy atom. The molecule has 0 aliphatic carbocycles. The van der Waals surface area contributed by atoms with E-state index < -0.39 is 24.8 Å². The van der Waals surface area contributed by atoms with Gasteiger partial charge in [0.15, 0.2) is 0 Å². The fraction of sp³-hybridized carbons (Fsp3) is 0.800. The van der Waals surface area contributed by atoms with Gasteiger partial charge in [-0.25, -0.2) is 0 Å². The van der Waals surface area contributed by atoms with Crippen molar-refractivity contribution in [3.05, 3.63) is 0 Å². The molecule has 8 nitrogen and oxygen atoms in total. The summed E-state index contributed by atoms with van der Waals surface area (Å²) in [4.78, 5) is 40.4. The topological polar surface area (TPSA) is 155 Å². The molecule has 0 aliphatic rings. The van der Waals surface area contributed by atoms with Crippen LogP contribution in [0.3, 0.4) is 0 Å². The van der Waals surface area contributed by atoms with Crippen LogP contribution < -0.4 is 10.2 Å². The summed E-state index contributed by atoms with van der Waals surface area (Å²) < 4.78 is 0. The fourth-order valence-electron chi connectivity index (χ4n) is 1.37. The van der Waals surface area contributed by atoms with Crippen molar-refractivity contribution in [1.82, 2.24) is 0 Å². The minimum Gasteiger partial charge on any atom is -0.550 e. The van der Waals surface area contributed by atoms with Gasteiger partial charge < -0.3 is 30.0 Å². The van der Waals surface area contributed by atoms with Crippen LogP contribution in [0.25, 0.3) is 0 Å². The largest absolute Gasteiger partial charge is 2.00 e. The zero-order valence-corrected chi connectivity index (χ0v) is 20.8. The Morgan fingerprint density at radius 3 is 1.00 bits per heavy atom. The molecule has 0 aromatic heterocycles. The van der Waals surface area contributed by atoms with Crippen LogP contribution in [0.4, 0.5) is 0 Å². The number of rotatable bonds is 12. The van der Waals surface area contributed by atoms with Crippen molar-refractivity contribution in [2.45, 2.75) is 91.9 Å². The molecule has 170 valence electrons. The molecule has 0 aromatic rings. The smallest absolute Gasteiger partial charge is 0.550 e. The molecular weight excluding hydrogens is 459 g/mol. The molecule has 0 amide bonds. The third-order valence-electron chi connectivity index (χ3n) is 2.76. The maximum Gasteiger partial charge on any atom is 2.00 e. The van der Waals surface area contributed by atoms with E-state index in [0.717, 1.165) is 25.7 Å². The minimum atomic E-state index is -1.28. The standard InChI is InChI=1S/2C6H10O3.2C4H10O.Zr/c2*1-2-3-5(7)4-6(8)9;2*1-2-3-4-5;/h2*2-4H2,1H3,(H,8,9);2*5H,2-4H2,1H3;/q;;;;+2/p-2. The van der Waals surface area contributed by atoms with Crippen LogP contribution in [0.2, 0.25) is 0 Å². The van der Waals surface area contributed by atoms with E-state index in [4.69, 9.17) is 10.2 Å². The van der Waals surface area contributed by atoms with Gasteiger partial charge in [-0.1, -0.05) is 40.5 Å². The van der Waals surface area contributed by atoms with E-state index in [1.165, 1.54) is 0 Å². The summed E-state index contributed by atoms with van der Waals surface area (Å²) in [5, 5.41) is 35.6. The average Bonchev–Trinajstić information content (AvgIpc) is 2.57. The van der Waals surface area contributed by atoms with Gasteiger partial charge in [-0.2, -0.15) is 0 Å². The van der Waals surface area contributed by atoms with Crippen LogP contribution in [0.1, 0.15) is 91.9 Å². The van der Waals surface area contributed by atoms with Crippen molar-refractivity contribution in [2.24, 2.45) is 0 Å². The van der Waals surface area contributed by atoms with Crippen molar-refractivity contribution >= 4 is 23.5 Å². The number of aliphatic hydroxyl groups excluding tert-OH is 2. The molecule has 0 aromatic carbocycles. The second-order valence-corrected chi connectivity index (χ2v) is 5.83. The van der Waals surface area contributed by atoms with Gasteiger partial charge >= 0.3 is 26.2 Å². The van der Waals surface area contributed by atoms with Crippen molar-refractivity contribution < 1.29 is 65.8 Å². The second-order valence-electron chi connectivity index (χ2n) is 5.83. The van der Waals surface area contributed by atoms with E-state index in [9.17, 15) is 29.4 Å². The van der Waals surface area contributed by atoms with E-state index in [-0.39, 0.29) is 37.8 Å². The van der Waals surface area contributed by atoms with Gasteiger partial charge in [0.1, 0.15) is 11.6 Å². The summed E-state index contributed by atoms with van der Waals surface area (Å²) in [6.07, 6.45) is 5.29. The SMILES string of the molecule is CCCC(=O)CC(=O)[O-].CCCC(=O)CC(=O)[O-].CCCCO.CCCCO.[Zr+2]. The number of carboxylic acids is 2. The van der Waals surface area contributed by atoms with Crippen LogP contribution in [-0.2, 0) is 45.4 Å². The maximum atomic E-state index is 10.4. The predicted octanol–water partition coefficient (Wildman–Crippen LogP) is 0.546. The summed E-state index contributed by atoms with van der Waals surface area (Å²) in [7, 11) is 0. The summed E-state index contributed by atoms with van der Waals surface area (Å²) in [6.45, 7) is 8.44. The number of hydrogen-bond acceptors (Lipinski definition) is 8. The molecule has 0 fully saturated rings. The van der Waals surface area contributed by atoms with Gasteiger partial charge in [0, 0.05) is 50.8 Å². The molecule has 0 saturated carbocycles. The Bertz CT molecular complexity index is 347. The third-order valence-corrected chi connectivity index (χ3v) is 2.76. The Balaban J connectivity index is -0.0000000907. The number of carboxylic acid groups (broad SMARTS) is 2. The molecule has 0 radical (unpaired) electrons. The van der Waals surface area contributed by atoms with Crippen molar-refractivity contribution in [3.8, 4) is 0 Å². The van der Waals surface area contributed by atoms with Crippen molar-refractivity contribution in [3.63, 3.8) is 0 Å². The van der Waals surface area contributed by atoms with Gasteiger partial charge in [0.25, 0.3) is 0 Å². The Hall–Kier alpha value is -0.917. The van der Waals surface area contributed by atoms with Gasteiger partial charge in [-0.3, -0.25) is 9.59 Å². The van der Waals surface area contributed by atoms with E-state index in [0.29, 0.717) is 38.9 Å². The van der Waals surface area contributed by atoms with Crippen LogP contribution in [0, 0.1) is 0 Å². The van der Waals surface area contributed by atoms with Gasteiger partial charge in [0.2, 0.25) is 0 Å². The predicted molar refractivity (Wildman–Crippen MR) is 103 cm³/mol. The minimum absolute atomic E-state index is 0. The molecule has 0 saturated heterocycles. The van der Waals surface area contributed by atoms with E-state index in [1.54, 1.807) is 0 Å². The third kappa shape index (κ3) is 58.4. The zero-order chi connectivity index (χ0) is 22.8. The van der Waals surface area contributed by atoms with E-state index in [1.807, 2.05) is 13.8 Å². The molecule has 0 spiro atoms. The number of hydrogen-bond donors (Lipinski definition) is 2. The number of aliphatic hydroxyl groups is 2. The first-order valence-electron chi connectivity index (χ1n) is 9.81. The van der Waals surface area contributed by atoms with Crippen LogP contribution in [0.5, 0.6) is 0 Å². The Morgan fingerprint density at radius 1 is 0.621 bits per heavy atom. The van der Waals surface area contributed by atoms with Crippen molar-refractivity contribution in [2.75, 3.05) is 13.2 Å². The Labute approximate surface area is 194 Å². The van der Waals surface area contributed by atoms with Gasteiger partial charge in [0.05, 0.1) is 0 Å². The molecule has 0 rings (SSSR count). The summed E-state index contributed by atoms with van der Waals surface area (Å²) in [5.74, 6) is -3.07. The molecular formula is C20H38O8Zr. The normalized spacial score (nSPS) is 8.48. The number of ketones is 2. The number of unbranched alkanes of at least 4 members (excludes halogenated alkanes) is 2. The monoisotopic (exact) mass is 496 g/mol. The molecule has 0 heterocycles. The summed E-state index contributed by atoms with van der Waals surface area (Å²) in [5.41, 5.74) is 0. The average molecular weight is 498 g/mol.